The Balaban J connectivity index is 1.99. The van der Waals surface area contributed by atoms with E-state index in [1.54, 1.807) is 23.8 Å². The van der Waals surface area contributed by atoms with Crippen LogP contribution >= 0.6 is 0 Å². The van der Waals surface area contributed by atoms with Crippen LogP contribution in [0.25, 0.3) is 5.65 Å². The number of nitrogens with one attached hydrogen (secondary N) is 1. The molecule has 0 saturated carbocycles. The zero-order valence-electron chi connectivity index (χ0n) is 12.9. The van der Waals surface area contributed by atoms with Crippen molar-refractivity contribution in [3.05, 3.63) is 46.5 Å². The maximum Gasteiger partial charge on any atom is 0.258 e. The van der Waals surface area contributed by atoms with E-state index in [0.29, 0.717) is 12.2 Å². The van der Waals surface area contributed by atoms with Gasteiger partial charge in [-0.2, -0.15) is 0 Å². The third kappa shape index (κ3) is 4.37. The standard InChI is InChI=1S/C16H23N3O2/c1-16(2,7-9-21-3)12-17-11-13-10-15(20)19-8-5-4-6-14(19)18-13/h4-6,8,10,17H,7,9,11-12H2,1-3H3. The fourth-order valence-electron chi connectivity index (χ4n) is 2.19. The molecule has 0 amide bonds. The zero-order valence-corrected chi connectivity index (χ0v) is 12.9. The van der Waals surface area contributed by atoms with Gasteiger partial charge in [0.25, 0.3) is 5.56 Å². The second kappa shape index (κ2) is 6.83. The number of pyridine rings is 1. The average molecular weight is 289 g/mol. The molecule has 1 N–H and O–H groups in total. The van der Waals surface area contributed by atoms with Gasteiger partial charge in [-0.3, -0.25) is 9.20 Å². The summed E-state index contributed by atoms with van der Waals surface area (Å²) in [4.78, 5) is 16.5. The number of hydrogen-bond donors (Lipinski definition) is 1. The summed E-state index contributed by atoms with van der Waals surface area (Å²) < 4.78 is 6.67. The maximum absolute atomic E-state index is 12.0. The Morgan fingerprint density at radius 1 is 1.38 bits per heavy atom. The topological polar surface area (TPSA) is 55.6 Å². The molecule has 5 heteroatoms. The lowest BCUT2D eigenvalue weighted by molar-refractivity contribution is 0.150. The first-order chi connectivity index (χ1) is 10.0. The molecule has 2 heterocycles. The lowest BCUT2D eigenvalue weighted by atomic mass is 9.90. The average Bonchev–Trinajstić information content (AvgIpc) is 2.45. The van der Waals surface area contributed by atoms with Gasteiger partial charge >= 0.3 is 0 Å². The minimum Gasteiger partial charge on any atom is -0.385 e. The van der Waals surface area contributed by atoms with Gasteiger partial charge < -0.3 is 10.1 Å². The normalized spacial score (nSPS) is 12.0. The lowest BCUT2D eigenvalue weighted by Gasteiger charge is -2.24. The monoisotopic (exact) mass is 289 g/mol. The van der Waals surface area contributed by atoms with Crippen LogP contribution in [0.5, 0.6) is 0 Å². The molecule has 0 unspecified atom stereocenters. The van der Waals surface area contributed by atoms with Crippen LogP contribution in [0, 0.1) is 5.41 Å². The molecule has 21 heavy (non-hydrogen) atoms. The van der Waals surface area contributed by atoms with E-state index in [1.165, 1.54) is 0 Å². The number of nitrogens with zero attached hydrogens (tertiary/aromatic N) is 2. The van der Waals surface area contributed by atoms with Crippen LogP contribution in [0.1, 0.15) is 26.0 Å². The Hall–Kier alpha value is -1.72. The molecule has 0 saturated heterocycles. The second-order valence-electron chi connectivity index (χ2n) is 6.03. The number of methoxy groups -OCH3 is 1. The first-order valence-corrected chi connectivity index (χ1v) is 7.19. The molecule has 0 aliphatic rings. The minimum atomic E-state index is -0.0453. The van der Waals surface area contributed by atoms with Crippen molar-refractivity contribution in [2.24, 2.45) is 5.41 Å². The summed E-state index contributed by atoms with van der Waals surface area (Å²) in [5.41, 5.74) is 1.56. The highest BCUT2D eigenvalue weighted by atomic mass is 16.5. The summed E-state index contributed by atoms with van der Waals surface area (Å²) in [5.74, 6) is 0. The molecular formula is C16H23N3O2. The van der Waals surface area contributed by atoms with Crippen LogP contribution in [0.3, 0.4) is 0 Å². The van der Waals surface area contributed by atoms with Crippen molar-refractivity contribution in [3.8, 4) is 0 Å². The van der Waals surface area contributed by atoms with E-state index in [-0.39, 0.29) is 11.0 Å². The maximum atomic E-state index is 12.0. The quantitative estimate of drug-likeness (QED) is 0.845. The van der Waals surface area contributed by atoms with E-state index in [2.05, 4.69) is 24.1 Å². The number of ether oxygens (including phenoxy) is 1. The lowest BCUT2D eigenvalue weighted by Crippen LogP contribution is -2.31. The molecule has 114 valence electrons. The van der Waals surface area contributed by atoms with Gasteiger partial charge in [0, 0.05) is 39.1 Å². The molecule has 0 radical (unpaired) electrons. The fraction of sp³-hybridized carbons (Fsp3) is 0.500. The molecule has 2 aromatic rings. The van der Waals surface area contributed by atoms with Gasteiger partial charge in [0.05, 0.1) is 5.69 Å². The Labute approximate surface area is 125 Å². The van der Waals surface area contributed by atoms with Crippen molar-refractivity contribution in [3.63, 3.8) is 0 Å². The van der Waals surface area contributed by atoms with Crippen molar-refractivity contribution in [2.75, 3.05) is 20.3 Å². The first-order valence-electron chi connectivity index (χ1n) is 7.19. The molecule has 2 aromatic heterocycles. The van der Waals surface area contributed by atoms with Gasteiger partial charge in [0.1, 0.15) is 5.65 Å². The molecule has 0 aromatic carbocycles. The van der Waals surface area contributed by atoms with Crippen molar-refractivity contribution in [1.82, 2.24) is 14.7 Å². The van der Waals surface area contributed by atoms with Crippen molar-refractivity contribution < 1.29 is 4.74 Å². The van der Waals surface area contributed by atoms with Gasteiger partial charge in [-0.15, -0.1) is 0 Å². The molecule has 5 nitrogen and oxygen atoms in total. The van der Waals surface area contributed by atoms with Gasteiger partial charge in [-0.25, -0.2) is 4.98 Å². The van der Waals surface area contributed by atoms with Crippen LogP contribution in [-0.4, -0.2) is 29.6 Å². The highest BCUT2D eigenvalue weighted by Crippen LogP contribution is 2.18. The summed E-state index contributed by atoms with van der Waals surface area (Å²) >= 11 is 0. The van der Waals surface area contributed by atoms with Crippen LogP contribution in [0.15, 0.2) is 35.3 Å². The molecule has 0 fully saturated rings. The summed E-state index contributed by atoms with van der Waals surface area (Å²) in [7, 11) is 1.72. The zero-order chi connectivity index (χ0) is 15.3. The van der Waals surface area contributed by atoms with E-state index in [4.69, 9.17) is 4.74 Å². The summed E-state index contributed by atoms with van der Waals surface area (Å²) in [6.45, 7) is 6.59. The van der Waals surface area contributed by atoms with Crippen LogP contribution < -0.4 is 10.9 Å². The molecule has 0 aliphatic carbocycles. The molecule has 2 rings (SSSR count). The van der Waals surface area contributed by atoms with Crippen molar-refractivity contribution >= 4 is 5.65 Å². The largest absolute Gasteiger partial charge is 0.385 e. The predicted octanol–water partition coefficient (Wildman–Crippen LogP) is 1.85. The number of fused-ring (bicyclic) bond motifs is 1. The molecule has 0 aliphatic heterocycles. The van der Waals surface area contributed by atoms with Crippen molar-refractivity contribution in [1.29, 1.82) is 0 Å². The third-order valence-corrected chi connectivity index (χ3v) is 3.52. The van der Waals surface area contributed by atoms with E-state index < -0.39 is 0 Å². The van der Waals surface area contributed by atoms with Crippen molar-refractivity contribution in [2.45, 2.75) is 26.8 Å². The second-order valence-corrected chi connectivity index (χ2v) is 6.03. The SMILES string of the molecule is COCCC(C)(C)CNCc1cc(=O)n2ccccc2n1. The summed E-state index contributed by atoms with van der Waals surface area (Å²) in [6, 6.07) is 7.13. The van der Waals surface area contributed by atoms with E-state index in [9.17, 15) is 4.79 Å². The predicted molar refractivity (Wildman–Crippen MR) is 83.4 cm³/mol. The smallest absolute Gasteiger partial charge is 0.258 e. The number of aromatic nitrogens is 2. The Kier molecular flexibility index (Phi) is 5.09. The number of rotatable bonds is 7. The Morgan fingerprint density at radius 2 is 2.19 bits per heavy atom. The number of hydrogen-bond acceptors (Lipinski definition) is 4. The Morgan fingerprint density at radius 3 is 2.95 bits per heavy atom. The van der Waals surface area contributed by atoms with Gasteiger partial charge in [0.2, 0.25) is 0 Å². The van der Waals surface area contributed by atoms with Gasteiger partial charge in [0.15, 0.2) is 0 Å². The summed E-state index contributed by atoms with van der Waals surface area (Å²) in [6.07, 6.45) is 2.72. The van der Waals surface area contributed by atoms with E-state index >= 15 is 0 Å². The van der Waals surface area contributed by atoms with Crippen LogP contribution in [-0.2, 0) is 11.3 Å². The third-order valence-electron chi connectivity index (χ3n) is 3.52. The van der Waals surface area contributed by atoms with Gasteiger partial charge in [-0.05, 0) is 24.0 Å². The van der Waals surface area contributed by atoms with E-state index in [1.807, 2.05) is 18.2 Å². The highest BCUT2D eigenvalue weighted by Gasteiger charge is 2.16. The molecule has 0 spiro atoms. The Bertz CT molecular complexity index is 649. The van der Waals surface area contributed by atoms with Crippen LogP contribution in [0.2, 0.25) is 0 Å². The highest BCUT2D eigenvalue weighted by molar-refractivity contribution is 5.37. The van der Waals surface area contributed by atoms with Crippen LogP contribution in [0.4, 0.5) is 0 Å². The molecular weight excluding hydrogens is 266 g/mol. The van der Waals surface area contributed by atoms with Gasteiger partial charge in [-0.1, -0.05) is 19.9 Å². The molecule has 0 bridgehead atoms. The molecule has 0 atom stereocenters. The minimum absolute atomic E-state index is 0.0453. The van der Waals surface area contributed by atoms with E-state index in [0.717, 1.165) is 25.3 Å². The fourth-order valence-corrected chi connectivity index (χ4v) is 2.19. The first kappa shape index (κ1) is 15.7. The summed E-state index contributed by atoms with van der Waals surface area (Å²) in [5, 5.41) is 3.38.